The van der Waals surface area contributed by atoms with Gasteiger partial charge >= 0.3 is 5.97 Å². The summed E-state index contributed by atoms with van der Waals surface area (Å²) in [4.78, 5) is 26.2. The Morgan fingerprint density at radius 2 is 1.97 bits per heavy atom. The van der Waals surface area contributed by atoms with Crippen LogP contribution in [0.2, 0.25) is 10.0 Å². The fourth-order valence-electron chi connectivity index (χ4n) is 3.52. The number of benzene rings is 2. The number of hydrogen-bond donors (Lipinski definition) is 3. The number of thioether (sulfide) groups is 1. The van der Waals surface area contributed by atoms with E-state index in [1.54, 1.807) is 25.2 Å². The van der Waals surface area contributed by atoms with Gasteiger partial charge in [0.1, 0.15) is 17.7 Å². The van der Waals surface area contributed by atoms with Crippen LogP contribution in [0, 0.1) is 0 Å². The van der Waals surface area contributed by atoms with E-state index in [9.17, 15) is 14.7 Å². The van der Waals surface area contributed by atoms with Gasteiger partial charge < -0.3 is 20.5 Å². The number of carbonyl (C=O) groups excluding carboxylic acids is 1. The van der Waals surface area contributed by atoms with Crippen molar-refractivity contribution in [3.05, 3.63) is 57.0 Å². The molecule has 1 aliphatic rings. The number of anilines is 3. The Balaban J connectivity index is 1.62. The second-order valence-electron chi connectivity index (χ2n) is 7.43. The van der Waals surface area contributed by atoms with Crippen LogP contribution in [-0.4, -0.2) is 46.5 Å². The first-order valence-corrected chi connectivity index (χ1v) is 12.9. The molecule has 1 amide bonds. The van der Waals surface area contributed by atoms with Crippen molar-refractivity contribution < 1.29 is 19.4 Å². The molecule has 1 aliphatic heterocycles. The smallest absolute Gasteiger partial charge is 0.305 e. The van der Waals surface area contributed by atoms with Gasteiger partial charge in [0.25, 0.3) is 0 Å². The van der Waals surface area contributed by atoms with Crippen LogP contribution < -0.4 is 20.3 Å². The number of nitrogens with zero attached hydrogens (tertiary/aromatic N) is 3. The van der Waals surface area contributed by atoms with E-state index in [1.165, 1.54) is 28.0 Å². The van der Waals surface area contributed by atoms with Crippen LogP contribution in [0.25, 0.3) is 0 Å². The van der Waals surface area contributed by atoms with E-state index in [1.807, 2.05) is 25.2 Å². The van der Waals surface area contributed by atoms with Gasteiger partial charge in [-0.25, -0.2) is 0 Å². The zero-order chi connectivity index (χ0) is 25.1. The van der Waals surface area contributed by atoms with Crippen molar-refractivity contribution in [1.82, 2.24) is 10.2 Å². The number of amides is 1. The highest BCUT2D eigenvalue weighted by Gasteiger charge is 2.45. The Hall–Kier alpha value is -2.73. The predicted molar refractivity (Wildman–Crippen MR) is 140 cm³/mol. The summed E-state index contributed by atoms with van der Waals surface area (Å²) >= 11 is 14.6. The van der Waals surface area contributed by atoms with Crippen molar-refractivity contribution in [2.45, 2.75) is 23.7 Å². The molecule has 2 heterocycles. The molecule has 0 saturated carbocycles. The van der Waals surface area contributed by atoms with Gasteiger partial charge in [0.2, 0.25) is 11.0 Å². The molecule has 0 spiro atoms. The predicted octanol–water partition coefficient (Wildman–Crippen LogP) is 5.13. The third kappa shape index (κ3) is 5.58. The SMILES string of the molecule is CNc1ccc(C2SC(CC(=O)O)C(=O)N2c2nnc(COc3ccc(Cl)cc3Cl)s2)c(NC)c1. The van der Waals surface area contributed by atoms with Crippen LogP contribution in [0.4, 0.5) is 16.5 Å². The molecule has 1 aromatic heterocycles. The molecule has 0 aliphatic carbocycles. The fraction of sp³-hybridized carbons (Fsp3) is 0.273. The van der Waals surface area contributed by atoms with Crippen molar-refractivity contribution in [2.75, 3.05) is 29.6 Å². The first-order chi connectivity index (χ1) is 16.8. The summed E-state index contributed by atoms with van der Waals surface area (Å²) in [5, 5.41) is 24.5. The van der Waals surface area contributed by atoms with Gasteiger partial charge in [-0.1, -0.05) is 40.6 Å². The molecular weight excluding hydrogens is 533 g/mol. The number of hydrogen-bond acceptors (Lipinski definition) is 9. The Labute approximate surface area is 219 Å². The Bertz CT molecular complexity index is 1260. The number of rotatable bonds is 9. The van der Waals surface area contributed by atoms with E-state index in [2.05, 4.69) is 20.8 Å². The first-order valence-electron chi connectivity index (χ1n) is 10.4. The lowest BCUT2D eigenvalue weighted by Gasteiger charge is -2.23. The van der Waals surface area contributed by atoms with Gasteiger partial charge in [-0.2, -0.15) is 0 Å². The van der Waals surface area contributed by atoms with Gasteiger partial charge in [-0.15, -0.1) is 22.0 Å². The second-order valence-corrected chi connectivity index (χ2v) is 10.6. The number of carboxylic acid groups (broad SMARTS) is 1. The Kier molecular flexibility index (Phi) is 7.90. The third-order valence-electron chi connectivity index (χ3n) is 5.19. The van der Waals surface area contributed by atoms with Crippen LogP contribution >= 0.6 is 46.3 Å². The summed E-state index contributed by atoms with van der Waals surface area (Å²) in [6.07, 6.45) is -0.288. The van der Waals surface area contributed by atoms with Crippen molar-refractivity contribution in [1.29, 1.82) is 0 Å². The molecule has 3 N–H and O–H groups in total. The van der Waals surface area contributed by atoms with Gasteiger partial charge in [0, 0.05) is 36.1 Å². The molecule has 2 aromatic carbocycles. The maximum absolute atomic E-state index is 13.3. The molecule has 184 valence electrons. The quantitative estimate of drug-likeness (QED) is 0.331. The standard InChI is InChI=1S/C22H21Cl2N5O4S2/c1-25-12-4-5-13(15(8-12)26-2)21-29(20(32)17(34-21)9-19(30)31)22-28-27-18(35-22)10-33-16-6-3-11(23)7-14(16)24/h3-8,17,21,25-26H,9-10H2,1-2H3,(H,30,31). The minimum absolute atomic E-state index is 0.0933. The number of aromatic nitrogens is 2. The van der Waals surface area contributed by atoms with Gasteiger partial charge in [-0.05, 0) is 30.3 Å². The summed E-state index contributed by atoms with van der Waals surface area (Å²) in [6, 6.07) is 10.6. The van der Waals surface area contributed by atoms with Crippen LogP contribution in [0.5, 0.6) is 5.75 Å². The summed E-state index contributed by atoms with van der Waals surface area (Å²) in [5.41, 5.74) is 2.55. The zero-order valence-electron chi connectivity index (χ0n) is 18.6. The van der Waals surface area contributed by atoms with E-state index >= 15 is 0 Å². The summed E-state index contributed by atoms with van der Waals surface area (Å²) in [6.45, 7) is 0.0933. The molecule has 1 fully saturated rings. The molecule has 0 radical (unpaired) electrons. The van der Waals surface area contributed by atoms with Crippen molar-refractivity contribution in [3.63, 3.8) is 0 Å². The number of nitrogens with one attached hydrogen (secondary N) is 2. The molecule has 2 unspecified atom stereocenters. The maximum Gasteiger partial charge on any atom is 0.305 e. The van der Waals surface area contributed by atoms with Crippen LogP contribution in [0.3, 0.4) is 0 Å². The van der Waals surface area contributed by atoms with Gasteiger partial charge in [0.15, 0.2) is 5.01 Å². The molecule has 9 nitrogen and oxygen atoms in total. The maximum atomic E-state index is 13.3. The number of halogens is 2. The van der Waals surface area contributed by atoms with Gasteiger partial charge in [0.05, 0.1) is 16.7 Å². The largest absolute Gasteiger partial charge is 0.485 e. The number of carbonyl (C=O) groups is 2. The monoisotopic (exact) mass is 553 g/mol. The summed E-state index contributed by atoms with van der Waals surface area (Å²) in [7, 11) is 3.61. The summed E-state index contributed by atoms with van der Waals surface area (Å²) in [5.74, 6) is -0.920. The average molecular weight is 554 g/mol. The molecular formula is C22H21Cl2N5O4S2. The van der Waals surface area contributed by atoms with Crippen LogP contribution in [0.1, 0.15) is 22.4 Å². The minimum Gasteiger partial charge on any atom is -0.485 e. The number of carboxylic acids is 1. The lowest BCUT2D eigenvalue weighted by molar-refractivity contribution is -0.138. The highest BCUT2D eigenvalue weighted by atomic mass is 35.5. The topological polar surface area (TPSA) is 117 Å². The number of ether oxygens (including phenoxy) is 1. The van der Waals surface area contributed by atoms with E-state index in [0.29, 0.717) is 25.9 Å². The fourth-order valence-corrected chi connectivity index (χ4v) is 6.30. The minimum atomic E-state index is -1.04. The molecule has 3 aromatic rings. The van der Waals surface area contributed by atoms with E-state index in [-0.39, 0.29) is 18.9 Å². The average Bonchev–Trinajstić information content (AvgIpc) is 3.42. The molecule has 4 rings (SSSR count). The lowest BCUT2D eigenvalue weighted by Crippen LogP contribution is -2.32. The van der Waals surface area contributed by atoms with Crippen LogP contribution in [0.15, 0.2) is 36.4 Å². The van der Waals surface area contributed by atoms with E-state index < -0.39 is 16.6 Å². The molecule has 13 heteroatoms. The van der Waals surface area contributed by atoms with Gasteiger partial charge in [-0.3, -0.25) is 14.5 Å². The molecule has 35 heavy (non-hydrogen) atoms. The van der Waals surface area contributed by atoms with E-state index in [4.69, 9.17) is 27.9 Å². The van der Waals surface area contributed by atoms with Crippen molar-refractivity contribution >= 4 is 74.7 Å². The highest BCUT2D eigenvalue weighted by Crippen LogP contribution is 2.49. The first kappa shape index (κ1) is 25.4. The molecule has 0 bridgehead atoms. The second kappa shape index (κ2) is 10.9. The number of aliphatic carboxylic acids is 1. The highest BCUT2D eigenvalue weighted by molar-refractivity contribution is 8.01. The van der Waals surface area contributed by atoms with E-state index in [0.717, 1.165) is 16.9 Å². The van der Waals surface area contributed by atoms with Crippen molar-refractivity contribution in [3.8, 4) is 5.75 Å². The Morgan fingerprint density at radius 1 is 1.17 bits per heavy atom. The van der Waals surface area contributed by atoms with Crippen molar-refractivity contribution in [2.24, 2.45) is 0 Å². The van der Waals surface area contributed by atoms with Crippen LogP contribution in [-0.2, 0) is 16.2 Å². The molecule has 1 saturated heterocycles. The molecule has 2 atom stereocenters. The third-order valence-corrected chi connectivity index (χ3v) is 8.03. The lowest BCUT2D eigenvalue weighted by atomic mass is 10.1. The normalized spacial score (nSPS) is 17.5. The zero-order valence-corrected chi connectivity index (χ0v) is 21.8. The summed E-state index contributed by atoms with van der Waals surface area (Å²) < 4.78 is 5.74. The Morgan fingerprint density at radius 3 is 2.66 bits per heavy atom.